The highest BCUT2D eigenvalue weighted by atomic mass is 15.1. The molecule has 0 heterocycles. The van der Waals surface area contributed by atoms with Crippen LogP contribution in [0.2, 0.25) is 0 Å². The molecular weight excluding hydrogens is 783 g/mol. The molecule has 65 heavy (non-hydrogen) atoms. The Hall–Kier alpha value is -6.96. The highest BCUT2D eigenvalue weighted by molar-refractivity contribution is 6.03. The van der Waals surface area contributed by atoms with Gasteiger partial charge in [0.1, 0.15) is 0 Å². The fourth-order valence-electron chi connectivity index (χ4n) is 12.3. The second-order valence-corrected chi connectivity index (χ2v) is 20.7. The molecule has 0 N–H and O–H groups in total. The largest absolute Gasteiger partial charge is 0.309 e. The van der Waals surface area contributed by atoms with Crippen LogP contribution in [0, 0.1) is 0 Å². The summed E-state index contributed by atoms with van der Waals surface area (Å²) in [6.45, 7) is 14.6. The Balaban J connectivity index is 1.23. The molecule has 9 aromatic carbocycles. The number of rotatable bonds is 6. The van der Waals surface area contributed by atoms with E-state index in [1.54, 1.807) is 0 Å². The normalized spacial score (nSPS) is 16.5. The van der Waals surface area contributed by atoms with Crippen molar-refractivity contribution in [1.82, 2.24) is 0 Å². The molecule has 3 aliphatic rings. The van der Waals surface area contributed by atoms with Crippen LogP contribution in [0.3, 0.4) is 0 Å². The number of anilines is 3. The maximum absolute atomic E-state index is 2.61. The molecule has 0 bridgehead atoms. The maximum Gasteiger partial charge on any atom is 0.0714 e. The summed E-state index contributed by atoms with van der Waals surface area (Å²) in [5.41, 5.74) is 21.5. The van der Waals surface area contributed by atoms with E-state index in [1.165, 1.54) is 101 Å². The number of benzene rings is 9. The molecule has 0 spiro atoms. The first-order valence-corrected chi connectivity index (χ1v) is 23.6. The molecule has 316 valence electrons. The molecule has 0 unspecified atom stereocenters. The standard InChI is InChI=1S/C64H55N/c1-61(2)36-37-62(3,4)58-38-43(32-35-55(58)61)51-40-52-49-28-16-18-30-54(49)64(44-22-9-7-10-23-44,45-24-11-8-12-25-45)57(52)41-60(51)65(59-31-19-21-42-20-13-14-26-47(42)59)46-33-34-50-48-27-15-17-29-53(48)63(5,6)56(50)39-46/h7-35,38-41H,36-37H2,1-6H3. The molecule has 0 saturated heterocycles. The van der Waals surface area contributed by atoms with E-state index in [0.29, 0.717) is 0 Å². The molecule has 9 aromatic rings. The molecule has 1 heteroatoms. The molecule has 0 amide bonds. The van der Waals surface area contributed by atoms with Crippen LogP contribution in [0.4, 0.5) is 17.1 Å². The van der Waals surface area contributed by atoms with Crippen LogP contribution in [-0.2, 0) is 21.7 Å². The van der Waals surface area contributed by atoms with Crippen molar-refractivity contribution in [2.24, 2.45) is 0 Å². The molecule has 3 aliphatic carbocycles. The van der Waals surface area contributed by atoms with Gasteiger partial charge in [0.15, 0.2) is 0 Å². The van der Waals surface area contributed by atoms with E-state index in [2.05, 4.69) is 247 Å². The van der Waals surface area contributed by atoms with Crippen molar-refractivity contribution in [2.75, 3.05) is 4.90 Å². The fraction of sp³-hybridized carbons (Fsp3) is 0.188. The summed E-state index contributed by atoms with van der Waals surface area (Å²) in [5, 5.41) is 2.44. The molecule has 0 atom stereocenters. The maximum atomic E-state index is 2.61. The second-order valence-electron chi connectivity index (χ2n) is 20.7. The Morgan fingerprint density at radius 1 is 0.354 bits per heavy atom. The van der Waals surface area contributed by atoms with E-state index in [-0.39, 0.29) is 16.2 Å². The zero-order valence-corrected chi connectivity index (χ0v) is 38.4. The number of hydrogen-bond acceptors (Lipinski definition) is 1. The minimum Gasteiger partial charge on any atom is -0.309 e. The smallest absolute Gasteiger partial charge is 0.0714 e. The lowest BCUT2D eigenvalue weighted by Gasteiger charge is -2.42. The van der Waals surface area contributed by atoms with Crippen molar-refractivity contribution in [3.63, 3.8) is 0 Å². The third-order valence-electron chi connectivity index (χ3n) is 15.8. The van der Waals surface area contributed by atoms with Crippen LogP contribution < -0.4 is 4.90 Å². The van der Waals surface area contributed by atoms with E-state index in [9.17, 15) is 0 Å². The molecule has 12 rings (SSSR count). The van der Waals surface area contributed by atoms with Gasteiger partial charge in [0, 0.05) is 22.1 Å². The highest BCUT2D eigenvalue weighted by Gasteiger charge is 2.47. The quantitative estimate of drug-likeness (QED) is 0.161. The minimum atomic E-state index is -0.560. The molecule has 1 nitrogen and oxygen atoms in total. The predicted octanol–water partition coefficient (Wildman–Crippen LogP) is 17.0. The first-order valence-electron chi connectivity index (χ1n) is 23.6. The molecule has 0 fully saturated rings. The first kappa shape index (κ1) is 39.6. The van der Waals surface area contributed by atoms with E-state index >= 15 is 0 Å². The van der Waals surface area contributed by atoms with Gasteiger partial charge in [-0.1, -0.05) is 211 Å². The lowest BCUT2D eigenvalue weighted by molar-refractivity contribution is 0.332. The molecule has 0 aliphatic heterocycles. The molecule has 0 aromatic heterocycles. The monoisotopic (exact) mass is 837 g/mol. The summed E-state index contributed by atoms with van der Waals surface area (Å²) in [6.07, 6.45) is 2.34. The van der Waals surface area contributed by atoms with Crippen LogP contribution in [0.5, 0.6) is 0 Å². The Bertz CT molecular complexity index is 3300. The predicted molar refractivity (Wildman–Crippen MR) is 274 cm³/mol. The number of hydrogen-bond donors (Lipinski definition) is 0. The Morgan fingerprint density at radius 3 is 1.66 bits per heavy atom. The van der Waals surface area contributed by atoms with Crippen molar-refractivity contribution in [1.29, 1.82) is 0 Å². The van der Waals surface area contributed by atoms with E-state index in [1.807, 2.05) is 0 Å². The first-order chi connectivity index (χ1) is 31.5. The van der Waals surface area contributed by atoms with Crippen LogP contribution in [0.15, 0.2) is 200 Å². The third kappa shape index (κ3) is 5.77. The summed E-state index contributed by atoms with van der Waals surface area (Å²) >= 11 is 0. The van der Waals surface area contributed by atoms with E-state index in [4.69, 9.17) is 0 Å². The van der Waals surface area contributed by atoms with Gasteiger partial charge in [0.05, 0.1) is 16.8 Å². The Morgan fingerprint density at radius 2 is 0.938 bits per heavy atom. The Kier molecular flexibility index (Phi) is 8.70. The van der Waals surface area contributed by atoms with Gasteiger partial charge in [-0.05, 0) is 132 Å². The van der Waals surface area contributed by atoms with Gasteiger partial charge in [0.25, 0.3) is 0 Å². The third-order valence-corrected chi connectivity index (χ3v) is 15.8. The topological polar surface area (TPSA) is 3.24 Å². The van der Waals surface area contributed by atoms with Crippen LogP contribution in [0.1, 0.15) is 98.9 Å². The summed E-state index contributed by atoms with van der Waals surface area (Å²) in [6, 6.07) is 76.2. The van der Waals surface area contributed by atoms with Gasteiger partial charge < -0.3 is 4.90 Å². The van der Waals surface area contributed by atoms with Crippen molar-refractivity contribution in [2.45, 2.75) is 76.0 Å². The zero-order chi connectivity index (χ0) is 44.3. The molecular formula is C64H55N. The van der Waals surface area contributed by atoms with Gasteiger partial charge in [-0.3, -0.25) is 0 Å². The van der Waals surface area contributed by atoms with Crippen molar-refractivity contribution in [3.8, 4) is 33.4 Å². The minimum absolute atomic E-state index is 0.0516. The number of nitrogens with zero attached hydrogens (tertiary/aromatic N) is 1. The second kappa shape index (κ2) is 14.3. The highest BCUT2D eigenvalue weighted by Crippen LogP contribution is 2.60. The van der Waals surface area contributed by atoms with Crippen LogP contribution in [0.25, 0.3) is 44.2 Å². The van der Waals surface area contributed by atoms with Crippen molar-refractivity contribution >= 4 is 27.8 Å². The lowest BCUT2D eigenvalue weighted by atomic mass is 9.63. The van der Waals surface area contributed by atoms with Gasteiger partial charge in [0.2, 0.25) is 0 Å². The van der Waals surface area contributed by atoms with Crippen molar-refractivity contribution in [3.05, 3.63) is 245 Å². The van der Waals surface area contributed by atoms with Crippen LogP contribution >= 0.6 is 0 Å². The zero-order valence-electron chi connectivity index (χ0n) is 38.4. The molecule has 0 saturated carbocycles. The van der Waals surface area contributed by atoms with Gasteiger partial charge in [-0.15, -0.1) is 0 Å². The van der Waals surface area contributed by atoms with Crippen molar-refractivity contribution < 1.29 is 0 Å². The summed E-state index contributed by atoms with van der Waals surface area (Å²) in [5.74, 6) is 0. The fourth-order valence-corrected chi connectivity index (χ4v) is 12.3. The van der Waals surface area contributed by atoms with E-state index < -0.39 is 5.41 Å². The van der Waals surface area contributed by atoms with Gasteiger partial charge in [-0.2, -0.15) is 0 Å². The summed E-state index contributed by atoms with van der Waals surface area (Å²) < 4.78 is 0. The lowest BCUT2D eigenvalue weighted by Crippen LogP contribution is -2.33. The average Bonchev–Trinajstić information content (AvgIpc) is 3.75. The van der Waals surface area contributed by atoms with Crippen LogP contribution in [-0.4, -0.2) is 0 Å². The average molecular weight is 838 g/mol. The van der Waals surface area contributed by atoms with Gasteiger partial charge in [-0.25, -0.2) is 0 Å². The van der Waals surface area contributed by atoms with E-state index in [0.717, 1.165) is 17.8 Å². The summed E-state index contributed by atoms with van der Waals surface area (Å²) in [4.78, 5) is 2.61. The van der Waals surface area contributed by atoms with Gasteiger partial charge >= 0.3 is 0 Å². The Labute approximate surface area is 385 Å². The SMILES string of the molecule is CC1(C)CCC(C)(C)c2cc(-c3cc4c(cc3N(c3ccc5c(c3)C(C)(C)c3ccccc3-5)c3cccc5ccccc35)C(c3ccccc3)(c3ccccc3)c3ccccc3-4)ccc21. The molecule has 0 radical (unpaired) electrons. The number of fused-ring (bicyclic) bond motifs is 8. The summed E-state index contributed by atoms with van der Waals surface area (Å²) in [7, 11) is 0.